The summed E-state index contributed by atoms with van der Waals surface area (Å²) in [7, 11) is 1.69. The number of ether oxygens (including phenoxy) is 2. The molecule has 1 saturated heterocycles. The first-order valence-corrected chi connectivity index (χ1v) is 13.6. The molecular weight excluding hydrogens is 450 g/mol. The first kappa shape index (κ1) is 26.4. The molecule has 1 aliphatic carbocycles. The Labute approximate surface area is 216 Å². The van der Waals surface area contributed by atoms with Crippen LogP contribution in [0, 0.1) is 5.92 Å². The van der Waals surface area contributed by atoms with Gasteiger partial charge in [-0.3, -0.25) is 4.79 Å². The van der Waals surface area contributed by atoms with Crippen molar-refractivity contribution >= 4 is 5.97 Å². The monoisotopic (exact) mass is 491 g/mol. The van der Waals surface area contributed by atoms with Gasteiger partial charge in [-0.2, -0.15) is 0 Å². The minimum absolute atomic E-state index is 0.208. The van der Waals surface area contributed by atoms with E-state index in [0.29, 0.717) is 25.0 Å². The van der Waals surface area contributed by atoms with Gasteiger partial charge >= 0.3 is 5.97 Å². The molecule has 3 unspecified atom stereocenters. The van der Waals surface area contributed by atoms with Crippen LogP contribution in [-0.2, 0) is 16.1 Å². The van der Waals surface area contributed by atoms with Gasteiger partial charge in [0.2, 0.25) is 0 Å². The van der Waals surface area contributed by atoms with Gasteiger partial charge in [0.25, 0.3) is 0 Å². The highest BCUT2D eigenvalue weighted by atomic mass is 16.5. The van der Waals surface area contributed by atoms with Gasteiger partial charge in [0.1, 0.15) is 5.75 Å². The van der Waals surface area contributed by atoms with Crippen LogP contribution < -0.4 is 4.74 Å². The molecule has 1 saturated carbocycles. The Morgan fingerprint density at radius 2 is 1.61 bits per heavy atom. The Hall–Kier alpha value is -2.63. The van der Waals surface area contributed by atoms with E-state index in [2.05, 4.69) is 47.4 Å². The molecule has 5 nitrogen and oxygen atoms in total. The molecule has 2 aromatic rings. The van der Waals surface area contributed by atoms with Crippen molar-refractivity contribution in [2.45, 2.75) is 76.5 Å². The second-order valence-corrected chi connectivity index (χ2v) is 10.2. The number of methoxy groups -OCH3 is 1. The Morgan fingerprint density at radius 3 is 2.28 bits per heavy atom. The van der Waals surface area contributed by atoms with Crippen LogP contribution in [0.25, 0.3) is 11.1 Å². The van der Waals surface area contributed by atoms with Gasteiger partial charge in [-0.15, -0.1) is 0 Å². The summed E-state index contributed by atoms with van der Waals surface area (Å²) in [5.41, 5.74) is 3.58. The van der Waals surface area contributed by atoms with E-state index < -0.39 is 5.97 Å². The van der Waals surface area contributed by atoms with Crippen molar-refractivity contribution in [3.63, 3.8) is 0 Å². The maximum atomic E-state index is 10.7. The minimum atomic E-state index is -0.730. The Morgan fingerprint density at radius 1 is 0.944 bits per heavy atom. The molecule has 1 N–H and O–H groups in total. The number of hydrogen-bond acceptors (Lipinski definition) is 4. The number of rotatable bonds is 12. The highest BCUT2D eigenvalue weighted by Gasteiger charge is 2.39. The van der Waals surface area contributed by atoms with Crippen LogP contribution in [0.4, 0.5) is 0 Å². The molecule has 1 aliphatic heterocycles. The van der Waals surface area contributed by atoms with Gasteiger partial charge < -0.3 is 19.5 Å². The van der Waals surface area contributed by atoms with Crippen LogP contribution in [0.15, 0.2) is 60.7 Å². The van der Waals surface area contributed by atoms with Crippen molar-refractivity contribution in [2.24, 2.45) is 5.92 Å². The standard InChI is InChI=1S/C31H41NO4/c1-35-27-17-15-26(16-18-27)25-13-11-24(12-14-25)23-36-30-20-19-29(32-21-7-4-8-22-32)28(30)9-5-2-3-6-10-31(33)34/h2-3,11-18,28-30H,4-10,19-23H2,1H3,(H,33,34). The number of carbonyl (C=O) groups is 1. The van der Waals surface area contributed by atoms with E-state index in [1.165, 1.54) is 55.5 Å². The topological polar surface area (TPSA) is 59.0 Å². The number of carboxylic acid groups (broad SMARTS) is 1. The lowest BCUT2D eigenvalue weighted by atomic mass is 9.93. The predicted octanol–water partition coefficient (Wildman–Crippen LogP) is 6.71. The number of carboxylic acids is 1. The van der Waals surface area contributed by atoms with Gasteiger partial charge in [0.15, 0.2) is 0 Å². The van der Waals surface area contributed by atoms with Gasteiger partial charge in [-0.25, -0.2) is 0 Å². The van der Waals surface area contributed by atoms with Gasteiger partial charge in [0.05, 0.1) is 19.8 Å². The number of likely N-dealkylation sites (tertiary alicyclic amines) is 1. The fraction of sp³-hybridized carbons (Fsp3) is 0.516. The van der Waals surface area contributed by atoms with Crippen LogP contribution >= 0.6 is 0 Å². The van der Waals surface area contributed by atoms with Crippen molar-refractivity contribution in [2.75, 3.05) is 20.2 Å². The molecule has 1 heterocycles. The average Bonchev–Trinajstić information content (AvgIpc) is 3.32. The summed E-state index contributed by atoms with van der Waals surface area (Å²) in [6, 6.07) is 17.5. The van der Waals surface area contributed by atoms with Crippen LogP contribution in [0.2, 0.25) is 0 Å². The van der Waals surface area contributed by atoms with Crippen molar-refractivity contribution in [3.05, 3.63) is 66.2 Å². The van der Waals surface area contributed by atoms with Gasteiger partial charge in [-0.1, -0.05) is 55.0 Å². The minimum Gasteiger partial charge on any atom is -0.497 e. The average molecular weight is 492 g/mol. The summed E-state index contributed by atoms with van der Waals surface area (Å²) in [6.45, 7) is 3.08. The van der Waals surface area contributed by atoms with E-state index in [4.69, 9.17) is 14.6 Å². The number of aliphatic carboxylic acids is 1. The number of nitrogens with zero attached hydrogens (tertiary/aromatic N) is 1. The molecule has 3 atom stereocenters. The summed E-state index contributed by atoms with van der Waals surface area (Å²) < 4.78 is 11.8. The largest absolute Gasteiger partial charge is 0.497 e. The molecule has 194 valence electrons. The molecule has 5 heteroatoms. The van der Waals surface area contributed by atoms with E-state index in [0.717, 1.165) is 25.0 Å². The molecule has 36 heavy (non-hydrogen) atoms. The lowest BCUT2D eigenvalue weighted by molar-refractivity contribution is -0.136. The van der Waals surface area contributed by atoms with Crippen molar-refractivity contribution in [1.82, 2.24) is 4.90 Å². The first-order valence-electron chi connectivity index (χ1n) is 13.6. The third-order valence-electron chi connectivity index (χ3n) is 7.78. The van der Waals surface area contributed by atoms with Gasteiger partial charge in [0, 0.05) is 18.4 Å². The summed E-state index contributed by atoms with van der Waals surface area (Å²) in [5.74, 6) is 0.672. The zero-order valence-electron chi connectivity index (χ0n) is 21.6. The highest BCUT2D eigenvalue weighted by Crippen LogP contribution is 2.37. The van der Waals surface area contributed by atoms with Crippen LogP contribution in [0.5, 0.6) is 5.75 Å². The fourth-order valence-corrected chi connectivity index (χ4v) is 5.81. The number of allylic oxidation sites excluding steroid dienone is 2. The van der Waals surface area contributed by atoms with Crippen LogP contribution in [-0.4, -0.2) is 48.3 Å². The molecule has 2 aliphatic rings. The Kier molecular flexibility index (Phi) is 10.00. The Balaban J connectivity index is 1.34. The second-order valence-electron chi connectivity index (χ2n) is 10.2. The van der Waals surface area contributed by atoms with Crippen LogP contribution in [0.1, 0.15) is 63.4 Å². The molecule has 0 amide bonds. The van der Waals surface area contributed by atoms with Crippen molar-refractivity contribution in [3.8, 4) is 16.9 Å². The zero-order chi connectivity index (χ0) is 25.2. The fourth-order valence-electron chi connectivity index (χ4n) is 5.81. The molecule has 2 aromatic carbocycles. The number of piperidine rings is 1. The third-order valence-corrected chi connectivity index (χ3v) is 7.78. The predicted molar refractivity (Wildman–Crippen MR) is 144 cm³/mol. The molecule has 0 bridgehead atoms. The molecule has 4 rings (SSSR count). The summed E-state index contributed by atoms with van der Waals surface area (Å²) in [5, 5.41) is 8.84. The van der Waals surface area contributed by atoms with Crippen molar-refractivity contribution < 1.29 is 19.4 Å². The summed E-state index contributed by atoms with van der Waals surface area (Å²) in [6.07, 6.45) is 13.7. The lowest BCUT2D eigenvalue weighted by Gasteiger charge is -2.37. The molecule has 2 fully saturated rings. The molecule has 0 spiro atoms. The second kappa shape index (κ2) is 13.6. The molecule has 0 aromatic heterocycles. The smallest absolute Gasteiger partial charge is 0.303 e. The SMILES string of the molecule is COc1ccc(-c2ccc(COC3CCC(N4CCCCC4)C3CCC=CCCC(=O)O)cc2)cc1. The van der Waals surface area contributed by atoms with E-state index in [1.54, 1.807) is 7.11 Å². The Bertz CT molecular complexity index is 963. The normalized spacial score (nSPS) is 22.8. The van der Waals surface area contributed by atoms with Crippen molar-refractivity contribution in [1.29, 1.82) is 0 Å². The van der Waals surface area contributed by atoms with Gasteiger partial charge in [-0.05, 0) is 86.9 Å². The van der Waals surface area contributed by atoms with Crippen LogP contribution in [0.3, 0.4) is 0 Å². The molecule has 0 radical (unpaired) electrons. The quantitative estimate of drug-likeness (QED) is 0.334. The maximum Gasteiger partial charge on any atom is 0.303 e. The molecular formula is C31H41NO4. The van der Waals surface area contributed by atoms with E-state index in [1.807, 2.05) is 18.2 Å². The number of benzene rings is 2. The summed E-state index contributed by atoms with van der Waals surface area (Å²) >= 11 is 0. The maximum absolute atomic E-state index is 10.7. The third kappa shape index (κ3) is 7.44. The van der Waals surface area contributed by atoms with E-state index in [-0.39, 0.29) is 12.5 Å². The highest BCUT2D eigenvalue weighted by molar-refractivity contribution is 5.66. The lowest BCUT2D eigenvalue weighted by Crippen LogP contribution is -2.43. The van der Waals surface area contributed by atoms with E-state index >= 15 is 0 Å². The zero-order valence-corrected chi connectivity index (χ0v) is 21.6. The number of hydrogen-bond donors (Lipinski definition) is 1. The summed E-state index contributed by atoms with van der Waals surface area (Å²) in [4.78, 5) is 13.5. The first-order chi connectivity index (χ1) is 17.6. The van der Waals surface area contributed by atoms with E-state index in [9.17, 15) is 4.79 Å².